The van der Waals surface area contributed by atoms with E-state index in [1.807, 2.05) is 29.0 Å². The zero-order chi connectivity index (χ0) is 15.2. The number of likely N-dealkylation sites (tertiary alicyclic amines) is 1. The Hall–Kier alpha value is -2.09. The second kappa shape index (κ2) is 7.07. The molecular weight excluding hydrogens is 264 g/mol. The van der Waals surface area contributed by atoms with E-state index in [-0.39, 0.29) is 5.91 Å². The monoisotopic (exact) mass is 286 g/mol. The first-order valence-electron chi connectivity index (χ1n) is 7.45. The Bertz CT molecular complexity index is 512. The van der Waals surface area contributed by atoms with Gasteiger partial charge in [-0.2, -0.15) is 5.26 Å². The number of pyridine rings is 1. The fraction of sp³-hybridized carbons (Fsp3) is 0.562. The zero-order valence-corrected chi connectivity index (χ0v) is 12.7. The molecule has 112 valence electrons. The molecule has 1 amide bonds. The highest BCUT2D eigenvalue weighted by molar-refractivity contribution is 5.94. The zero-order valence-electron chi connectivity index (χ0n) is 12.7. The summed E-state index contributed by atoms with van der Waals surface area (Å²) in [6, 6.07) is 5.78. The van der Waals surface area contributed by atoms with E-state index in [1.54, 1.807) is 6.20 Å². The lowest BCUT2D eigenvalue weighted by Gasteiger charge is -2.30. The minimum Gasteiger partial charge on any atom is -0.359 e. The third-order valence-corrected chi connectivity index (χ3v) is 4.02. The molecule has 1 aliphatic heterocycles. The van der Waals surface area contributed by atoms with Crippen LogP contribution in [0.15, 0.2) is 18.3 Å². The number of nitriles is 1. The fourth-order valence-electron chi connectivity index (χ4n) is 2.46. The molecular formula is C16H22N4O. The SMILES string of the molecule is CC1CCN(C(=O)c2ccc(N(C)CCC#N)nc2)CC1. The molecule has 5 nitrogen and oxygen atoms in total. The molecule has 0 saturated carbocycles. The molecule has 0 N–H and O–H groups in total. The molecule has 1 aliphatic rings. The minimum atomic E-state index is 0.0700. The average Bonchev–Trinajstić information content (AvgIpc) is 2.53. The standard InChI is InChI=1S/C16H22N4O/c1-13-6-10-20(11-7-13)16(21)14-4-5-15(18-12-14)19(2)9-3-8-17/h4-5,12-13H,3,6-7,9-11H2,1-2H3. The number of nitrogens with zero attached hydrogens (tertiary/aromatic N) is 4. The second-order valence-corrected chi connectivity index (χ2v) is 5.71. The summed E-state index contributed by atoms with van der Waals surface area (Å²) in [6.45, 7) is 4.55. The predicted molar refractivity (Wildman–Crippen MR) is 82.0 cm³/mol. The highest BCUT2D eigenvalue weighted by Gasteiger charge is 2.21. The minimum absolute atomic E-state index is 0.0700. The van der Waals surface area contributed by atoms with Crippen LogP contribution in [-0.4, -0.2) is 42.5 Å². The van der Waals surface area contributed by atoms with Crippen LogP contribution in [0.1, 0.15) is 36.5 Å². The van der Waals surface area contributed by atoms with Crippen molar-refractivity contribution in [2.24, 2.45) is 5.92 Å². The van der Waals surface area contributed by atoms with Crippen LogP contribution in [0.5, 0.6) is 0 Å². The van der Waals surface area contributed by atoms with Crippen LogP contribution in [0.2, 0.25) is 0 Å². The van der Waals surface area contributed by atoms with E-state index in [4.69, 9.17) is 5.26 Å². The predicted octanol–water partition coefficient (Wildman–Crippen LogP) is 2.30. The molecule has 0 unspecified atom stereocenters. The molecule has 0 bridgehead atoms. The van der Waals surface area contributed by atoms with Gasteiger partial charge in [0.05, 0.1) is 18.1 Å². The van der Waals surface area contributed by atoms with Crippen molar-refractivity contribution in [2.75, 3.05) is 31.6 Å². The third kappa shape index (κ3) is 3.94. The molecule has 2 rings (SSSR count). The lowest BCUT2D eigenvalue weighted by Crippen LogP contribution is -2.38. The van der Waals surface area contributed by atoms with E-state index < -0.39 is 0 Å². The van der Waals surface area contributed by atoms with Gasteiger partial charge in [0.1, 0.15) is 5.82 Å². The van der Waals surface area contributed by atoms with Gasteiger partial charge in [-0.25, -0.2) is 4.98 Å². The molecule has 0 aromatic carbocycles. The maximum atomic E-state index is 12.4. The highest BCUT2D eigenvalue weighted by atomic mass is 16.2. The normalized spacial score (nSPS) is 15.6. The van der Waals surface area contributed by atoms with Crippen LogP contribution in [0.4, 0.5) is 5.82 Å². The molecule has 0 atom stereocenters. The number of amides is 1. The number of hydrogen-bond donors (Lipinski definition) is 0. The lowest BCUT2D eigenvalue weighted by atomic mass is 9.99. The van der Waals surface area contributed by atoms with Crippen molar-refractivity contribution in [1.29, 1.82) is 5.26 Å². The summed E-state index contributed by atoms with van der Waals surface area (Å²) in [5.41, 5.74) is 0.641. The molecule has 1 saturated heterocycles. The highest BCUT2D eigenvalue weighted by Crippen LogP contribution is 2.18. The van der Waals surface area contributed by atoms with Gasteiger partial charge in [-0.05, 0) is 30.9 Å². The Morgan fingerprint density at radius 1 is 1.48 bits per heavy atom. The van der Waals surface area contributed by atoms with Crippen molar-refractivity contribution >= 4 is 11.7 Å². The van der Waals surface area contributed by atoms with Crippen LogP contribution in [0.25, 0.3) is 0 Å². The smallest absolute Gasteiger partial charge is 0.255 e. The first kappa shape index (κ1) is 15.3. The van der Waals surface area contributed by atoms with E-state index in [0.29, 0.717) is 24.4 Å². The summed E-state index contributed by atoms with van der Waals surface area (Å²) >= 11 is 0. The summed E-state index contributed by atoms with van der Waals surface area (Å²) in [5, 5.41) is 8.59. The maximum absolute atomic E-state index is 12.4. The second-order valence-electron chi connectivity index (χ2n) is 5.71. The summed E-state index contributed by atoms with van der Waals surface area (Å²) in [6.07, 6.45) is 4.26. The van der Waals surface area contributed by atoms with Crippen LogP contribution >= 0.6 is 0 Å². The van der Waals surface area contributed by atoms with Crippen LogP contribution < -0.4 is 4.90 Å². The number of aromatic nitrogens is 1. The van der Waals surface area contributed by atoms with Crippen LogP contribution in [0.3, 0.4) is 0 Å². The molecule has 5 heteroatoms. The average molecular weight is 286 g/mol. The topological polar surface area (TPSA) is 60.2 Å². The fourth-order valence-corrected chi connectivity index (χ4v) is 2.46. The molecule has 1 aromatic rings. The van der Waals surface area contributed by atoms with Gasteiger partial charge in [0.2, 0.25) is 0 Å². The van der Waals surface area contributed by atoms with Gasteiger partial charge in [0.25, 0.3) is 5.91 Å². The number of rotatable bonds is 4. The summed E-state index contributed by atoms with van der Waals surface area (Å²) in [5.74, 6) is 1.57. The summed E-state index contributed by atoms with van der Waals surface area (Å²) in [4.78, 5) is 20.5. The van der Waals surface area contributed by atoms with E-state index >= 15 is 0 Å². The molecule has 1 fully saturated rings. The number of anilines is 1. The largest absolute Gasteiger partial charge is 0.359 e. The van der Waals surface area contributed by atoms with E-state index in [1.165, 1.54) is 0 Å². The number of hydrogen-bond acceptors (Lipinski definition) is 4. The van der Waals surface area contributed by atoms with Gasteiger partial charge >= 0.3 is 0 Å². The van der Waals surface area contributed by atoms with Crippen LogP contribution in [0, 0.1) is 17.2 Å². The van der Waals surface area contributed by atoms with Crippen molar-refractivity contribution < 1.29 is 4.79 Å². The van der Waals surface area contributed by atoms with Crippen molar-refractivity contribution in [3.63, 3.8) is 0 Å². The molecule has 21 heavy (non-hydrogen) atoms. The third-order valence-electron chi connectivity index (χ3n) is 4.02. The number of piperidine rings is 1. The molecule has 2 heterocycles. The quantitative estimate of drug-likeness (QED) is 0.852. The maximum Gasteiger partial charge on any atom is 0.255 e. The molecule has 0 spiro atoms. The number of carbonyl (C=O) groups is 1. The van der Waals surface area contributed by atoms with Gasteiger partial charge < -0.3 is 9.80 Å². The van der Waals surface area contributed by atoms with E-state index in [0.717, 1.165) is 31.7 Å². The number of carbonyl (C=O) groups excluding carboxylic acids is 1. The van der Waals surface area contributed by atoms with Crippen LogP contribution in [-0.2, 0) is 0 Å². The summed E-state index contributed by atoms with van der Waals surface area (Å²) in [7, 11) is 1.90. The van der Waals surface area contributed by atoms with Gasteiger partial charge in [0, 0.05) is 32.9 Å². The van der Waals surface area contributed by atoms with Gasteiger partial charge in [-0.1, -0.05) is 6.92 Å². The summed E-state index contributed by atoms with van der Waals surface area (Å²) < 4.78 is 0. The first-order valence-corrected chi connectivity index (χ1v) is 7.45. The first-order chi connectivity index (χ1) is 10.1. The van der Waals surface area contributed by atoms with Crippen molar-refractivity contribution in [3.8, 4) is 6.07 Å². The lowest BCUT2D eigenvalue weighted by molar-refractivity contribution is 0.0697. The van der Waals surface area contributed by atoms with Crippen molar-refractivity contribution in [1.82, 2.24) is 9.88 Å². The Balaban J connectivity index is 1.98. The Labute approximate surface area is 126 Å². The van der Waals surface area contributed by atoms with E-state index in [9.17, 15) is 4.79 Å². The Morgan fingerprint density at radius 2 is 2.19 bits per heavy atom. The van der Waals surface area contributed by atoms with Crippen molar-refractivity contribution in [2.45, 2.75) is 26.2 Å². The Kier molecular flexibility index (Phi) is 5.15. The van der Waals surface area contributed by atoms with Gasteiger partial charge in [-0.3, -0.25) is 4.79 Å². The Morgan fingerprint density at radius 3 is 2.76 bits per heavy atom. The van der Waals surface area contributed by atoms with E-state index in [2.05, 4.69) is 18.0 Å². The molecule has 0 aliphatic carbocycles. The van der Waals surface area contributed by atoms with Gasteiger partial charge in [0.15, 0.2) is 0 Å². The van der Waals surface area contributed by atoms with Crippen molar-refractivity contribution in [3.05, 3.63) is 23.9 Å². The molecule has 1 aromatic heterocycles. The molecule has 0 radical (unpaired) electrons. The van der Waals surface area contributed by atoms with Gasteiger partial charge in [-0.15, -0.1) is 0 Å².